The molecule has 0 heterocycles. The summed E-state index contributed by atoms with van der Waals surface area (Å²) in [7, 11) is 0. The van der Waals surface area contributed by atoms with Crippen LogP contribution in [0.2, 0.25) is 0 Å². The first-order valence-electron chi connectivity index (χ1n) is 2.80. The Kier molecular flexibility index (Phi) is 1.92. The predicted octanol–water partition coefficient (Wildman–Crippen LogP) is 0.386. The predicted molar refractivity (Wildman–Crippen MR) is 35.2 cm³/mol. The van der Waals surface area contributed by atoms with Crippen LogP contribution in [-0.4, -0.2) is 17.9 Å². The topological polar surface area (TPSA) is 46.5 Å². The van der Waals surface area contributed by atoms with E-state index in [9.17, 15) is 9.59 Å². The van der Waals surface area contributed by atoms with Crippen molar-refractivity contribution in [1.29, 1.82) is 0 Å². The van der Waals surface area contributed by atoms with Crippen molar-refractivity contribution in [3.05, 3.63) is 24.3 Å². The second-order valence-corrected chi connectivity index (χ2v) is 1.81. The molecule has 3 heteroatoms. The average molecular weight is 135 g/mol. The van der Waals surface area contributed by atoms with Crippen molar-refractivity contribution in [2.45, 2.75) is 6.04 Å². The van der Waals surface area contributed by atoms with Gasteiger partial charge in [0.15, 0.2) is 5.78 Å². The summed E-state index contributed by atoms with van der Waals surface area (Å²) in [5, 5.41) is 0. The molecule has 0 N–H and O–H groups in total. The van der Waals surface area contributed by atoms with E-state index in [1.54, 1.807) is 18.2 Å². The lowest BCUT2D eigenvalue weighted by Gasteiger charge is -2.01. The molecule has 50 valence electrons. The summed E-state index contributed by atoms with van der Waals surface area (Å²) >= 11 is 0. The molecule has 0 radical (unpaired) electrons. The van der Waals surface area contributed by atoms with Crippen LogP contribution in [0.3, 0.4) is 0 Å². The third kappa shape index (κ3) is 1.27. The van der Waals surface area contributed by atoms with Crippen LogP contribution < -0.4 is 0 Å². The number of hydrogen-bond acceptors (Lipinski definition) is 3. The largest absolute Gasteiger partial charge is 0.292 e. The Morgan fingerprint density at radius 3 is 2.90 bits per heavy atom. The van der Waals surface area contributed by atoms with Crippen molar-refractivity contribution >= 4 is 11.9 Å². The van der Waals surface area contributed by atoms with Gasteiger partial charge in [0.2, 0.25) is 6.08 Å². The molecular formula is C7H5NO2. The van der Waals surface area contributed by atoms with Gasteiger partial charge in [-0.05, 0) is 6.08 Å². The number of isocyanates is 1. The van der Waals surface area contributed by atoms with Crippen LogP contribution in [0, 0.1) is 0 Å². The van der Waals surface area contributed by atoms with Gasteiger partial charge in [-0.1, -0.05) is 18.2 Å². The molecule has 0 amide bonds. The molecule has 0 spiro atoms. The number of hydrogen-bond donors (Lipinski definition) is 0. The maximum Gasteiger partial charge on any atom is 0.236 e. The van der Waals surface area contributed by atoms with Gasteiger partial charge in [-0.2, -0.15) is 4.99 Å². The van der Waals surface area contributed by atoms with E-state index in [0.717, 1.165) is 0 Å². The second-order valence-electron chi connectivity index (χ2n) is 1.81. The SMILES string of the molecule is O=C=NC1C=CC=CC1=O. The Bertz CT molecular complexity index is 246. The van der Waals surface area contributed by atoms with Gasteiger partial charge in [0.1, 0.15) is 6.04 Å². The van der Waals surface area contributed by atoms with E-state index in [1.807, 2.05) is 0 Å². The van der Waals surface area contributed by atoms with Crippen molar-refractivity contribution in [3.63, 3.8) is 0 Å². The zero-order valence-electron chi connectivity index (χ0n) is 5.15. The molecular weight excluding hydrogens is 130 g/mol. The standard InChI is InChI=1S/C7H5NO2/c9-5-8-6-3-1-2-4-7(6)10/h1-4,6H. The highest BCUT2D eigenvalue weighted by Crippen LogP contribution is 2.01. The van der Waals surface area contributed by atoms with Gasteiger partial charge in [0.25, 0.3) is 0 Å². The van der Waals surface area contributed by atoms with E-state index >= 15 is 0 Å². The number of carbonyl (C=O) groups excluding carboxylic acids is 2. The van der Waals surface area contributed by atoms with Crippen molar-refractivity contribution in [1.82, 2.24) is 0 Å². The number of rotatable bonds is 1. The lowest BCUT2D eigenvalue weighted by Crippen LogP contribution is -2.14. The second kappa shape index (κ2) is 2.90. The highest BCUT2D eigenvalue weighted by atomic mass is 16.1. The lowest BCUT2D eigenvalue weighted by atomic mass is 10.1. The Morgan fingerprint density at radius 2 is 2.30 bits per heavy atom. The van der Waals surface area contributed by atoms with E-state index in [2.05, 4.69) is 4.99 Å². The molecule has 0 aromatic carbocycles. The van der Waals surface area contributed by atoms with E-state index in [4.69, 9.17) is 0 Å². The molecule has 0 saturated carbocycles. The van der Waals surface area contributed by atoms with Crippen LogP contribution in [0.25, 0.3) is 0 Å². The molecule has 0 bridgehead atoms. The fraction of sp³-hybridized carbons (Fsp3) is 0.143. The minimum absolute atomic E-state index is 0.175. The summed E-state index contributed by atoms with van der Waals surface area (Å²) in [6.45, 7) is 0. The third-order valence-corrected chi connectivity index (χ3v) is 1.15. The number of ketones is 1. The van der Waals surface area contributed by atoms with Crippen molar-refractivity contribution in [2.75, 3.05) is 0 Å². The average Bonchev–Trinajstić information content (AvgIpc) is 1.94. The molecule has 0 aromatic heterocycles. The number of carbonyl (C=O) groups is 1. The van der Waals surface area contributed by atoms with Gasteiger partial charge in [0, 0.05) is 0 Å². The molecule has 0 fully saturated rings. The first kappa shape index (κ1) is 6.65. The molecule has 10 heavy (non-hydrogen) atoms. The molecule has 1 aliphatic carbocycles. The zero-order chi connectivity index (χ0) is 7.40. The molecule has 1 unspecified atom stereocenters. The van der Waals surface area contributed by atoms with Crippen LogP contribution in [0.15, 0.2) is 29.3 Å². The lowest BCUT2D eigenvalue weighted by molar-refractivity contribution is -0.114. The Morgan fingerprint density at radius 1 is 1.50 bits per heavy atom. The van der Waals surface area contributed by atoms with Crippen molar-refractivity contribution in [3.8, 4) is 0 Å². The quantitative estimate of drug-likeness (QED) is 0.385. The van der Waals surface area contributed by atoms with Crippen molar-refractivity contribution in [2.24, 2.45) is 4.99 Å². The monoisotopic (exact) mass is 135 g/mol. The fourth-order valence-electron chi connectivity index (χ4n) is 0.677. The van der Waals surface area contributed by atoms with Gasteiger partial charge in [-0.25, -0.2) is 4.79 Å². The molecule has 1 rings (SSSR count). The molecule has 3 nitrogen and oxygen atoms in total. The summed E-state index contributed by atoms with van der Waals surface area (Å²) < 4.78 is 0. The van der Waals surface area contributed by atoms with Gasteiger partial charge < -0.3 is 0 Å². The van der Waals surface area contributed by atoms with Gasteiger partial charge in [0.05, 0.1) is 0 Å². The molecule has 1 atom stereocenters. The van der Waals surface area contributed by atoms with E-state index < -0.39 is 6.04 Å². The summed E-state index contributed by atoms with van der Waals surface area (Å²) in [5.74, 6) is -0.175. The Balaban J connectivity index is 2.79. The highest BCUT2D eigenvalue weighted by molar-refractivity contribution is 5.97. The number of aliphatic imine (C=N–C) groups is 1. The number of allylic oxidation sites excluding steroid dienone is 2. The van der Waals surface area contributed by atoms with Gasteiger partial charge >= 0.3 is 0 Å². The Labute approximate surface area is 57.8 Å². The minimum Gasteiger partial charge on any atom is -0.292 e. The molecule has 0 aromatic rings. The fourth-order valence-corrected chi connectivity index (χ4v) is 0.677. The van der Waals surface area contributed by atoms with Crippen molar-refractivity contribution < 1.29 is 9.59 Å². The van der Waals surface area contributed by atoms with Gasteiger partial charge in [-0.3, -0.25) is 4.79 Å². The summed E-state index contributed by atoms with van der Waals surface area (Å²) in [6, 6.07) is -0.637. The first-order chi connectivity index (χ1) is 4.84. The van der Waals surface area contributed by atoms with Crippen LogP contribution in [-0.2, 0) is 9.59 Å². The zero-order valence-corrected chi connectivity index (χ0v) is 5.15. The van der Waals surface area contributed by atoms with E-state index in [0.29, 0.717) is 0 Å². The third-order valence-electron chi connectivity index (χ3n) is 1.15. The van der Waals surface area contributed by atoms with Crippen LogP contribution >= 0.6 is 0 Å². The molecule has 0 saturated heterocycles. The van der Waals surface area contributed by atoms with E-state index in [1.165, 1.54) is 12.2 Å². The smallest absolute Gasteiger partial charge is 0.236 e. The summed E-state index contributed by atoms with van der Waals surface area (Å²) in [4.78, 5) is 23.8. The molecule has 0 aliphatic heterocycles. The maximum atomic E-state index is 10.8. The van der Waals surface area contributed by atoms with Crippen LogP contribution in [0.1, 0.15) is 0 Å². The normalized spacial score (nSPS) is 22.4. The maximum absolute atomic E-state index is 10.8. The minimum atomic E-state index is -0.637. The summed E-state index contributed by atoms with van der Waals surface area (Å²) in [6.07, 6.45) is 7.55. The molecule has 1 aliphatic rings. The number of nitrogens with zero attached hydrogens (tertiary/aromatic N) is 1. The Hall–Kier alpha value is -1.47. The summed E-state index contributed by atoms with van der Waals surface area (Å²) in [5.41, 5.74) is 0. The van der Waals surface area contributed by atoms with Crippen LogP contribution in [0.4, 0.5) is 0 Å². The van der Waals surface area contributed by atoms with Crippen LogP contribution in [0.5, 0.6) is 0 Å². The highest BCUT2D eigenvalue weighted by Gasteiger charge is 2.11. The van der Waals surface area contributed by atoms with Gasteiger partial charge in [-0.15, -0.1) is 0 Å². The van der Waals surface area contributed by atoms with E-state index in [-0.39, 0.29) is 5.78 Å². The first-order valence-corrected chi connectivity index (χ1v) is 2.80.